The molecule has 1 N–H and O–H groups in total. The number of hydrogen-bond donors (Lipinski definition) is 1. The molecule has 0 radical (unpaired) electrons. The maximum atomic E-state index is 8.79. The zero-order valence-corrected chi connectivity index (χ0v) is 12.6. The van der Waals surface area contributed by atoms with Crippen molar-refractivity contribution in [2.45, 2.75) is 18.8 Å². The summed E-state index contributed by atoms with van der Waals surface area (Å²) in [5, 5.41) is 10.0. The van der Waals surface area contributed by atoms with Crippen LogP contribution in [0.1, 0.15) is 30.0 Å². The molecule has 0 unspecified atom stereocenters. The number of hydrogen-bond acceptors (Lipinski definition) is 5. The minimum atomic E-state index is 0.356. The van der Waals surface area contributed by atoms with Gasteiger partial charge in [0.25, 0.3) is 0 Å². The highest BCUT2D eigenvalue weighted by Gasteiger charge is 2.23. The summed E-state index contributed by atoms with van der Waals surface area (Å²) in [6.07, 6.45) is 9.28. The molecular formula is C17H16N6. The molecule has 1 fully saturated rings. The van der Waals surface area contributed by atoms with E-state index >= 15 is 0 Å². The van der Waals surface area contributed by atoms with E-state index in [1.807, 2.05) is 18.3 Å². The largest absolute Gasteiger partial charge is 0.355 e. The molecule has 6 nitrogen and oxygen atoms in total. The number of aromatic amines is 1. The first-order valence-corrected chi connectivity index (χ1v) is 7.74. The van der Waals surface area contributed by atoms with Crippen molar-refractivity contribution < 1.29 is 0 Å². The van der Waals surface area contributed by atoms with E-state index < -0.39 is 0 Å². The first-order valence-electron chi connectivity index (χ1n) is 7.74. The molecule has 0 saturated carbocycles. The van der Waals surface area contributed by atoms with Gasteiger partial charge in [0.2, 0.25) is 0 Å². The van der Waals surface area contributed by atoms with Crippen molar-refractivity contribution in [3.63, 3.8) is 0 Å². The summed E-state index contributed by atoms with van der Waals surface area (Å²) >= 11 is 0. The molecule has 0 spiro atoms. The van der Waals surface area contributed by atoms with Crippen LogP contribution < -0.4 is 4.90 Å². The number of fused-ring (bicyclic) bond motifs is 1. The zero-order chi connectivity index (χ0) is 15.6. The maximum absolute atomic E-state index is 8.79. The van der Waals surface area contributed by atoms with E-state index in [4.69, 9.17) is 5.26 Å². The van der Waals surface area contributed by atoms with Gasteiger partial charge in [0.1, 0.15) is 17.5 Å². The number of aromatic nitrogens is 4. The molecule has 23 heavy (non-hydrogen) atoms. The molecule has 0 aliphatic carbocycles. The number of nitrogens with zero attached hydrogens (tertiary/aromatic N) is 5. The summed E-state index contributed by atoms with van der Waals surface area (Å²) in [4.78, 5) is 18.3. The fraction of sp³-hybridized carbons (Fsp3) is 0.294. The van der Waals surface area contributed by atoms with Crippen LogP contribution in [-0.4, -0.2) is 33.0 Å². The molecule has 1 aliphatic rings. The van der Waals surface area contributed by atoms with Gasteiger partial charge in [-0.2, -0.15) is 5.26 Å². The van der Waals surface area contributed by atoms with Crippen LogP contribution in [0.3, 0.4) is 0 Å². The second-order valence-corrected chi connectivity index (χ2v) is 5.78. The highest BCUT2D eigenvalue weighted by Crippen LogP contribution is 2.33. The average Bonchev–Trinajstić information content (AvgIpc) is 3.06. The summed E-state index contributed by atoms with van der Waals surface area (Å²) in [5.74, 6) is 1.39. The number of nitrogens with one attached hydrogen (secondary N) is 1. The smallest absolute Gasteiger partial charge is 0.158 e. The highest BCUT2D eigenvalue weighted by molar-refractivity contribution is 5.80. The number of nitriles is 1. The Morgan fingerprint density at radius 3 is 2.78 bits per heavy atom. The van der Waals surface area contributed by atoms with E-state index in [-0.39, 0.29) is 0 Å². The normalized spacial score (nSPS) is 15.7. The van der Waals surface area contributed by atoms with Crippen LogP contribution >= 0.6 is 0 Å². The molecule has 1 saturated heterocycles. The van der Waals surface area contributed by atoms with Crippen LogP contribution in [0.15, 0.2) is 36.9 Å². The van der Waals surface area contributed by atoms with Crippen molar-refractivity contribution in [2.75, 3.05) is 18.0 Å². The third-order valence-electron chi connectivity index (χ3n) is 4.49. The third-order valence-corrected chi connectivity index (χ3v) is 4.49. The van der Waals surface area contributed by atoms with Gasteiger partial charge in [-0.3, -0.25) is 0 Å². The number of anilines is 1. The van der Waals surface area contributed by atoms with Crippen molar-refractivity contribution in [2.24, 2.45) is 0 Å². The van der Waals surface area contributed by atoms with Gasteiger partial charge in [0, 0.05) is 30.9 Å². The Balaban J connectivity index is 1.49. The van der Waals surface area contributed by atoms with Crippen molar-refractivity contribution in [1.82, 2.24) is 19.9 Å². The van der Waals surface area contributed by atoms with E-state index in [1.54, 1.807) is 6.20 Å². The quantitative estimate of drug-likeness (QED) is 0.787. The zero-order valence-electron chi connectivity index (χ0n) is 12.6. The lowest BCUT2D eigenvalue weighted by Crippen LogP contribution is -2.33. The van der Waals surface area contributed by atoms with Gasteiger partial charge in [0.15, 0.2) is 5.69 Å². The molecule has 0 atom stereocenters. The van der Waals surface area contributed by atoms with Crippen molar-refractivity contribution >= 4 is 16.9 Å². The summed E-state index contributed by atoms with van der Waals surface area (Å²) in [6, 6.07) is 6.12. The Bertz CT molecular complexity index is 853. The maximum Gasteiger partial charge on any atom is 0.158 e. The predicted octanol–water partition coefficient (Wildman–Crippen LogP) is 2.61. The molecule has 1 aliphatic heterocycles. The second kappa shape index (κ2) is 5.69. The number of H-pyrrole nitrogens is 1. The van der Waals surface area contributed by atoms with Crippen LogP contribution in [0, 0.1) is 11.3 Å². The Labute approximate surface area is 133 Å². The molecule has 4 heterocycles. The Kier molecular flexibility index (Phi) is 3.39. The highest BCUT2D eigenvalue weighted by atomic mass is 15.2. The van der Waals surface area contributed by atoms with Gasteiger partial charge in [-0.25, -0.2) is 15.0 Å². The molecule has 6 heteroatoms. The predicted molar refractivity (Wildman–Crippen MR) is 87.0 cm³/mol. The van der Waals surface area contributed by atoms with Gasteiger partial charge >= 0.3 is 0 Å². The molecule has 114 valence electrons. The first-order chi connectivity index (χ1) is 11.3. The first kappa shape index (κ1) is 13.7. The lowest BCUT2D eigenvalue weighted by Gasteiger charge is -2.32. The number of pyridine rings is 1. The van der Waals surface area contributed by atoms with Crippen LogP contribution in [0.2, 0.25) is 0 Å². The number of piperidine rings is 1. The standard InChI is InChI=1S/C17H16N6/c18-8-13-9-21-16(11-20-13)23-6-3-12(4-7-23)15-10-22-17-14(15)2-1-5-19-17/h1-2,5,9-12H,3-4,6-7H2,(H,19,22). The average molecular weight is 304 g/mol. The molecule has 0 bridgehead atoms. The summed E-state index contributed by atoms with van der Waals surface area (Å²) in [6.45, 7) is 1.89. The molecule has 0 amide bonds. The Morgan fingerprint density at radius 2 is 2.04 bits per heavy atom. The van der Waals surface area contributed by atoms with Crippen molar-refractivity contribution in [3.8, 4) is 6.07 Å². The fourth-order valence-electron chi connectivity index (χ4n) is 3.28. The van der Waals surface area contributed by atoms with Gasteiger partial charge < -0.3 is 9.88 Å². The molecular weight excluding hydrogens is 288 g/mol. The second-order valence-electron chi connectivity index (χ2n) is 5.78. The molecule has 3 aromatic heterocycles. The van der Waals surface area contributed by atoms with Gasteiger partial charge in [-0.1, -0.05) is 0 Å². The van der Waals surface area contributed by atoms with E-state index in [1.165, 1.54) is 17.1 Å². The Hall–Kier alpha value is -2.94. The van der Waals surface area contributed by atoms with Crippen LogP contribution in [0.5, 0.6) is 0 Å². The van der Waals surface area contributed by atoms with E-state index in [9.17, 15) is 0 Å². The van der Waals surface area contributed by atoms with E-state index in [0.29, 0.717) is 11.6 Å². The van der Waals surface area contributed by atoms with Crippen LogP contribution in [0.4, 0.5) is 5.82 Å². The minimum absolute atomic E-state index is 0.356. The van der Waals surface area contributed by atoms with E-state index in [2.05, 4.69) is 37.1 Å². The lowest BCUT2D eigenvalue weighted by molar-refractivity contribution is 0.504. The van der Waals surface area contributed by atoms with Gasteiger partial charge in [0.05, 0.1) is 12.4 Å². The minimum Gasteiger partial charge on any atom is -0.355 e. The fourth-order valence-corrected chi connectivity index (χ4v) is 3.28. The summed E-state index contributed by atoms with van der Waals surface area (Å²) < 4.78 is 0. The number of rotatable bonds is 2. The van der Waals surface area contributed by atoms with E-state index in [0.717, 1.165) is 37.4 Å². The lowest BCUT2D eigenvalue weighted by atomic mass is 9.89. The third kappa shape index (κ3) is 2.50. The summed E-state index contributed by atoms with van der Waals surface area (Å²) in [7, 11) is 0. The van der Waals surface area contributed by atoms with Gasteiger partial charge in [-0.05, 0) is 36.5 Å². The summed E-state index contributed by atoms with van der Waals surface area (Å²) in [5.41, 5.74) is 2.68. The molecule has 3 aromatic rings. The van der Waals surface area contributed by atoms with Crippen molar-refractivity contribution in [3.05, 3.63) is 48.2 Å². The molecule has 4 rings (SSSR count). The van der Waals surface area contributed by atoms with Crippen molar-refractivity contribution in [1.29, 1.82) is 5.26 Å². The van der Waals surface area contributed by atoms with Crippen LogP contribution in [0.25, 0.3) is 11.0 Å². The topological polar surface area (TPSA) is 81.5 Å². The Morgan fingerprint density at radius 1 is 1.17 bits per heavy atom. The SMILES string of the molecule is N#Cc1cnc(N2CCC(c3c[nH]c4ncccc34)CC2)cn1. The van der Waals surface area contributed by atoms with Crippen LogP contribution in [-0.2, 0) is 0 Å². The molecule has 0 aromatic carbocycles. The van der Waals surface area contributed by atoms with Gasteiger partial charge in [-0.15, -0.1) is 0 Å². The monoisotopic (exact) mass is 304 g/mol.